The molecule has 124 valence electrons. The summed E-state index contributed by atoms with van der Waals surface area (Å²) in [6.45, 7) is 4.34. The second kappa shape index (κ2) is 5.53. The van der Waals surface area contributed by atoms with Gasteiger partial charge in [0.25, 0.3) is 5.69 Å². The number of amides is 1. The Morgan fingerprint density at radius 2 is 1.70 bits per heavy atom. The highest BCUT2D eigenvalue weighted by Crippen LogP contribution is 2.64. The van der Waals surface area contributed by atoms with E-state index in [4.69, 9.17) is 23.2 Å². The number of hydrogen-bond donors (Lipinski definition) is 0. The minimum atomic E-state index is -0.945. The number of nitrogens with zero attached hydrogens (tertiary/aromatic N) is 3. The van der Waals surface area contributed by atoms with Crippen molar-refractivity contribution in [3.05, 3.63) is 34.4 Å². The lowest BCUT2D eigenvalue weighted by Gasteiger charge is -2.37. The Labute approximate surface area is 144 Å². The van der Waals surface area contributed by atoms with Crippen LogP contribution in [-0.4, -0.2) is 46.2 Å². The molecule has 0 unspecified atom stereocenters. The number of nitro benzene ring substituents is 1. The SMILES string of the molecule is C[C@]1(C(=O)N2CCN(c3ccc([N+](=O)[O-])cc3)CC2)CC1(Cl)Cl. The van der Waals surface area contributed by atoms with Crippen LogP contribution in [0.1, 0.15) is 13.3 Å². The zero-order valence-corrected chi connectivity index (χ0v) is 14.2. The Kier molecular flexibility index (Phi) is 3.92. The maximum Gasteiger partial charge on any atom is 0.269 e. The molecule has 1 aliphatic carbocycles. The van der Waals surface area contributed by atoms with E-state index >= 15 is 0 Å². The maximum absolute atomic E-state index is 12.5. The first-order valence-electron chi connectivity index (χ1n) is 7.41. The van der Waals surface area contributed by atoms with E-state index in [1.807, 2.05) is 0 Å². The van der Waals surface area contributed by atoms with Crippen molar-refractivity contribution in [3.63, 3.8) is 0 Å². The van der Waals surface area contributed by atoms with Crippen molar-refractivity contribution in [2.24, 2.45) is 5.41 Å². The van der Waals surface area contributed by atoms with Crippen molar-refractivity contribution in [2.75, 3.05) is 31.1 Å². The molecule has 23 heavy (non-hydrogen) atoms. The topological polar surface area (TPSA) is 66.7 Å². The molecule has 2 fully saturated rings. The summed E-state index contributed by atoms with van der Waals surface area (Å²) in [6, 6.07) is 6.46. The minimum Gasteiger partial charge on any atom is -0.368 e. The van der Waals surface area contributed by atoms with E-state index in [9.17, 15) is 14.9 Å². The van der Waals surface area contributed by atoms with Crippen LogP contribution in [0, 0.1) is 15.5 Å². The maximum atomic E-state index is 12.5. The number of alkyl halides is 2. The molecule has 6 nitrogen and oxygen atoms in total. The monoisotopic (exact) mass is 357 g/mol. The molecule has 1 saturated heterocycles. The fourth-order valence-corrected chi connectivity index (χ4v) is 3.63. The van der Waals surface area contributed by atoms with Gasteiger partial charge in [0.05, 0.1) is 10.3 Å². The van der Waals surface area contributed by atoms with Crippen molar-refractivity contribution in [3.8, 4) is 0 Å². The van der Waals surface area contributed by atoms with Gasteiger partial charge in [0.2, 0.25) is 5.91 Å². The molecule has 1 amide bonds. The molecule has 1 atom stereocenters. The molecule has 0 N–H and O–H groups in total. The van der Waals surface area contributed by atoms with Gasteiger partial charge in [0, 0.05) is 44.0 Å². The molecular weight excluding hydrogens is 341 g/mol. The summed E-state index contributed by atoms with van der Waals surface area (Å²) in [4.78, 5) is 26.7. The molecule has 0 spiro atoms. The first-order chi connectivity index (χ1) is 10.7. The molecule has 1 aromatic carbocycles. The van der Waals surface area contributed by atoms with Crippen molar-refractivity contribution in [1.29, 1.82) is 0 Å². The van der Waals surface area contributed by atoms with E-state index < -0.39 is 14.7 Å². The van der Waals surface area contributed by atoms with Gasteiger partial charge in [-0.2, -0.15) is 0 Å². The van der Waals surface area contributed by atoms with Gasteiger partial charge in [-0.25, -0.2) is 0 Å². The van der Waals surface area contributed by atoms with Crippen LogP contribution in [-0.2, 0) is 4.79 Å². The molecule has 3 rings (SSSR count). The van der Waals surface area contributed by atoms with Crippen molar-refractivity contribution < 1.29 is 9.72 Å². The predicted molar refractivity (Wildman–Crippen MR) is 89.1 cm³/mol. The Balaban J connectivity index is 1.60. The summed E-state index contributed by atoms with van der Waals surface area (Å²) in [7, 11) is 0. The van der Waals surface area contributed by atoms with Crippen LogP contribution in [0.4, 0.5) is 11.4 Å². The van der Waals surface area contributed by atoms with Crippen LogP contribution < -0.4 is 4.90 Å². The van der Waals surface area contributed by atoms with Crippen LogP contribution in [0.5, 0.6) is 0 Å². The molecule has 1 heterocycles. The number of non-ortho nitro benzene ring substituents is 1. The second-order valence-electron chi connectivity index (χ2n) is 6.27. The van der Waals surface area contributed by atoms with Crippen molar-refractivity contribution in [2.45, 2.75) is 17.7 Å². The summed E-state index contributed by atoms with van der Waals surface area (Å²) in [6.07, 6.45) is 0.491. The third-order valence-electron chi connectivity index (χ3n) is 4.72. The number of anilines is 1. The van der Waals surface area contributed by atoms with Crippen LogP contribution >= 0.6 is 23.2 Å². The number of nitro groups is 1. The fourth-order valence-electron chi connectivity index (χ4n) is 2.93. The summed E-state index contributed by atoms with van der Waals surface area (Å²) >= 11 is 12.2. The van der Waals surface area contributed by atoms with Crippen LogP contribution in [0.25, 0.3) is 0 Å². The zero-order valence-electron chi connectivity index (χ0n) is 12.7. The lowest BCUT2D eigenvalue weighted by molar-refractivity contribution is -0.384. The van der Waals surface area contributed by atoms with E-state index in [0.29, 0.717) is 32.6 Å². The van der Waals surface area contributed by atoms with Gasteiger partial charge >= 0.3 is 0 Å². The fraction of sp³-hybridized carbons (Fsp3) is 0.533. The Morgan fingerprint density at radius 3 is 2.13 bits per heavy atom. The van der Waals surface area contributed by atoms with E-state index in [2.05, 4.69) is 4.90 Å². The van der Waals surface area contributed by atoms with Crippen LogP contribution in [0.15, 0.2) is 24.3 Å². The van der Waals surface area contributed by atoms with Gasteiger partial charge in [-0.05, 0) is 25.5 Å². The Hall–Kier alpha value is -1.53. The summed E-state index contributed by atoms with van der Waals surface area (Å²) in [5.74, 6) is 0.00542. The van der Waals surface area contributed by atoms with Gasteiger partial charge in [0.1, 0.15) is 4.33 Å². The predicted octanol–water partition coefficient (Wildman–Crippen LogP) is 2.83. The molecule has 2 aliphatic rings. The molecule has 0 bridgehead atoms. The Bertz CT molecular complexity index is 642. The number of piperazine rings is 1. The first kappa shape index (κ1) is 16.3. The first-order valence-corrected chi connectivity index (χ1v) is 8.17. The number of rotatable bonds is 3. The van der Waals surface area contributed by atoms with Gasteiger partial charge in [-0.1, -0.05) is 0 Å². The van der Waals surface area contributed by atoms with Crippen molar-refractivity contribution >= 4 is 40.5 Å². The highest BCUT2D eigenvalue weighted by molar-refractivity contribution is 6.53. The molecule has 0 aromatic heterocycles. The van der Waals surface area contributed by atoms with Gasteiger partial charge in [-0.15, -0.1) is 23.2 Å². The van der Waals surface area contributed by atoms with E-state index in [-0.39, 0.29) is 11.6 Å². The Morgan fingerprint density at radius 1 is 1.17 bits per heavy atom. The lowest BCUT2D eigenvalue weighted by atomic mass is 10.1. The summed E-state index contributed by atoms with van der Waals surface area (Å²) in [5.41, 5.74) is 0.320. The summed E-state index contributed by atoms with van der Waals surface area (Å²) in [5, 5.41) is 10.7. The zero-order chi connectivity index (χ0) is 16.8. The average Bonchev–Trinajstić information content (AvgIpc) is 3.06. The smallest absolute Gasteiger partial charge is 0.269 e. The normalized spacial score (nSPS) is 26.0. The highest BCUT2D eigenvalue weighted by Gasteiger charge is 2.68. The number of benzene rings is 1. The molecule has 8 heteroatoms. The third-order valence-corrected chi connectivity index (χ3v) is 5.82. The third kappa shape index (κ3) is 2.85. The van der Waals surface area contributed by atoms with E-state index in [0.717, 1.165) is 5.69 Å². The average molecular weight is 358 g/mol. The molecule has 1 aliphatic heterocycles. The largest absolute Gasteiger partial charge is 0.368 e. The molecule has 1 saturated carbocycles. The van der Waals surface area contributed by atoms with Crippen LogP contribution in [0.3, 0.4) is 0 Å². The number of carbonyl (C=O) groups is 1. The number of hydrogen-bond acceptors (Lipinski definition) is 4. The molecular formula is C15H17Cl2N3O3. The summed E-state index contributed by atoms with van der Waals surface area (Å²) < 4.78 is -0.945. The van der Waals surface area contributed by atoms with Gasteiger partial charge < -0.3 is 9.80 Å². The van der Waals surface area contributed by atoms with Crippen LogP contribution in [0.2, 0.25) is 0 Å². The van der Waals surface area contributed by atoms with Gasteiger partial charge in [0.15, 0.2) is 0 Å². The lowest BCUT2D eigenvalue weighted by Crippen LogP contribution is -2.51. The van der Waals surface area contributed by atoms with Crippen molar-refractivity contribution in [1.82, 2.24) is 4.90 Å². The second-order valence-corrected chi connectivity index (χ2v) is 7.75. The number of carbonyl (C=O) groups excluding carboxylic acids is 1. The quantitative estimate of drug-likeness (QED) is 0.473. The number of halogens is 2. The molecule has 0 radical (unpaired) electrons. The van der Waals surface area contributed by atoms with Gasteiger partial charge in [-0.3, -0.25) is 14.9 Å². The van der Waals surface area contributed by atoms with E-state index in [1.165, 1.54) is 12.1 Å². The van der Waals surface area contributed by atoms with E-state index in [1.54, 1.807) is 24.0 Å². The highest BCUT2D eigenvalue weighted by atomic mass is 35.5. The molecule has 1 aromatic rings. The standard InChI is InChI=1S/C15H17Cl2N3O3/c1-14(10-15(14,16)17)13(21)19-8-6-18(7-9-19)11-2-4-12(5-3-11)20(22)23/h2-5H,6-10H2,1H3/t14-/m1/s1. The minimum absolute atomic E-state index is 0.00542.